The average Bonchev–Trinajstić information content (AvgIpc) is 3.15. The topological polar surface area (TPSA) is 66.5 Å². The molecule has 1 fully saturated rings. The lowest BCUT2D eigenvalue weighted by molar-refractivity contribution is -0.119. The summed E-state index contributed by atoms with van der Waals surface area (Å²) in [5.74, 6) is 0.101. The molecule has 2 heterocycles. The van der Waals surface area contributed by atoms with Crippen molar-refractivity contribution >= 4 is 33.0 Å². The number of rotatable bonds is 6. The molecule has 5 nitrogen and oxygen atoms in total. The normalized spacial score (nSPS) is 16.8. The van der Waals surface area contributed by atoms with Crippen LogP contribution in [-0.4, -0.2) is 20.9 Å². The fraction of sp³-hybridized carbons (Fsp3) is 0.389. The van der Waals surface area contributed by atoms with Gasteiger partial charge in [0, 0.05) is 23.5 Å². The van der Waals surface area contributed by atoms with Gasteiger partial charge in [0.2, 0.25) is 15.9 Å². The highest BCUT2D eigenvalue weighted by Gasteiger charge is 2.23. The second kappa shape index (κ2) is 7.68. The number of nitrogens with one attached hydrogen (secondary N) is 1. The van der Waals surface area contributed by atoms with Gasteiger partial charge in [-0.3, -0.25) is 4.79 Å². The first-order valence-electron chi connectivity index (χ1n) is 8.47. The van der Waals surface area contributed by atoms with E-state index in [4.69, 9.17) is 0 Å². The summed E-state index contributed by atoms with van der Waals surface area (Å²) in [6.45, 7) is 2.65. The summed E-state index contributed by atoms with van der Waals surface area (Å²) in [7, 11) is -3.61. The predicted octanol–water partition coefficient (Wildman–Crippen LogP) is 3.69. The van der Waals surface area contributed by atoms with E-state index in [9.17, 15) is 13.2 Å². The summed E-state index contributed by atoms with van der Waals surface area (Å²) >= 11 is 1.54. The lowest BCUT2D eigenvalue weighted by Gasteiger charge is -2.27. The molecule has 0 aliphatic carbocycles. The highest BCUT2D eigenvalue weighted by molar-refractivity contribution is 7.89. The van der Waals surface area contributed by atoms with E-state index in [0.29, 0.717) is 19.4 Å². The number of amides is 1. The summed E-state index contributed by atoms with van der Waals surface area (Å²) in [6, 6.07) is 10.2. The van der Waals surface area contributed by atoms with Gasteiger partial charge < -0.3 is 4.90 Å². The van der Waals surface area contributed by atoms with Gasteiger partial charge in [-0.05, 0) is 55.0 Å². The molecule has 1 aliphatic heterocycles. The monoisotopic (exact) mass is 378 g/mol. The van der Waals surface area contributed by atoms with Crippen LogP contribution in [0.2, 0.25) is 0 Å². The van der Waals surface area contributed by atoms with Gasteiger partial charge in [0.1, 0.15) is 0 Å². The molecule has 1 N–H and O–H groups in total. The third kappa shape index (κ3) is 4.11. The molecule has 1 aliphatic rings. The molecule has 2 aromatic rings. The van der Waals surface area contributed by atoms with Crippen molar-refractivity contribution in [2.24, 2.45) is 0 Å². The molecular weight excluding hydrogens is 356 g/mol. The minimum absolute atomic E-state index is 0.101. The van der Waals surface area contributed by atoms with Crippen molar-refractivity contribution in [2.75, 3.05) is 11.4 Å². The number of thiophene rings is 1. The van der Waals surface area contributed by atoms with Gasteiger partial charge in [-0.1, -0.05) is 13.0 Å². The first-order chi connectivity index (χ1) is 12.0. The zero-order chi connectivity index (χ0) is 17.9. The minimum Gasteiger partial charge on any atom is -0.312 e. The predicted molar refractivity (Wildman–Crippen MR) is 100 cm³/mol. The Bertz CT molecular complexity index is 815. The lowest BCUT2D eigenvalue weighted by atomic mass is 10.1. The summed E-state index contributed by atoms with van der Waals surface area (Å²) < 4.78 is 28.1. The SMILES string of the molecule is CCC(NS(=O)(=O)c1ccc(N2CCCCC2=O)cc1)c1cccs1. The first-order valence-corrected chi connectivity index (χ1v) is 10.8. The minimum atomic E-state index is -3.61. The third-order valence-electron chi connectivity index (χ3n) is 4.37. The van der Waals surface area contributed by atoms with Crippen LogP contribution in [0.15, 0.2) is 46.7 Å². The smallest absolute Gasteiger partial charge is 0.241 e. The number of sulfonamides is 1. The van der Waals surface area contributed by atoms with Crippen molar-refractivity contribution in [2.45, 2.75) is 43.5 Å². The second-order valence-corrected chi connectivity index (χ2v) is 8.79. The first kappa shape index (κ1) is 18.1. The highest BCUT2D eigenvalue weighted by Crippen LogP contribution is 2.26. The van der Waals surface area contributed by atoms with Gasteiger partial charge in [0.15, 0.2) is 0 Å². The van der Waals surface area contributed by atoms with E-state index in [1.165, 1.54) is 0 Å². The standard InChI is InChI=1S/C18H22N2O3S2/c1-2-16(17-6-5-13-24-17)19-25(22,23)15-10-8-14(9-11-15)20-12-4-3-7-18(20)21/h5-6,8-11,13,16,19H,2-4,7,12H2,1H3. The highest BCUT2D eigenvalue weighted by atomic mass is 32.2. The van der Waals surface area contributed by atoms with Crippen LogP contribution in [0.1, 0.15) is 43.5 Å². The van der Waals surface area contributed by atoms with E-state index in [1.54, 1.807) is 40.5 Å². The Morgan fingerprint density at radius 3 is 2.56 bits per heavy atom. The van der Waals surface area contributed by atoms with Gasteiger partial charge in [-0.15, -0.1) is 11.3 Å². The number of piperidine rings is 1. The molecule has 0 radical (unpaired) electrons. The number of carbonyl (C=O) groups excluding carboxylic acids is 1. The van der Waals surface area contributed by atoms with Crippen LogP contribution >= 0.6 is 11.3 Å². The molecule has 3 rings (SSSR count). The molecule has 134 valence electrons. The van der Waals surface area contributed by atoms with E-state index < -0.39 is 10.0 Å². The number of hydrogen-bond donors (Lipinski definition) is 1. The molecule has 1 amide bonds. The van der Waals surface area contributed by atoms with Crippen molar-refractivity contribution in [1.82, 2.24) is 4.72 Å². The van der Waals surface area contributed by atoms with Crippen molar-refractivity contribution < 1.29 is 13.2 Å². The van der Waals surface area contributed by atoms with E-state index in [-0.39, 0.29) is 16.8 Å². The van der Waals surface area contributed by atoms with Crippen molar-refractivity contribution in [1.29, 1.82) is 0 Å². The molecule has 0 spiro atoms. The lowest BCUT2D eigenvalue weighted by Crippen LogP contribution is -2.35. The van der Waals surface area contributed by atoms with E-state index >= 15 is 0 Å². The quantitative estimate of drug-likeness (QED) is 0.833. The Hall–Kier alpha value is -1.70. The maximum absolute atomic E-state index is 12.7. The maximum Gasteiger partial charge on any atom is 0.241 e. The second-order valence-electron chi connectivity index (χ2n) is 6.09. The Morgan fingerprint density at radius 1 is 1.20 bits per heavy atom. The van der Waals surface area contributed by atoms with Gasteiger partial charge in [-0.25, -0.2) is 13.1 Å². The Morgan fingerprint density at radius 2 is 1.96 bits per heavy atom. The molecule has 1 aromatic heterocycles. The molecular formula is C18H22N2O3S2. The fourth-order valence-electron chi connectivity index (χ4n) is 2.97. The summed E-state index contributed by atoms with van der Waals surface area (Å²) in [5.41, 5.74) is 0.758. The van der Waals surface area contributed by atoms with E-state index in [1.807, 2.05) is 24.4 Å². The van der Waals surface area contributed by atoms with Crippen molar-refractivity contribution in [3.8, 4) is 0 Å². The van der Waals surface area contributed by atoms with Crippen LogP contribution in [-0.2, 0) is 14.8 Å². The number of anilines is 1. The van der Waals surface area contributed by atoms with Crippen molar-refractivity contribution in [3.63, 3.8) is 0 Å². The Balaban J connectivity index is 1.77. The van der Waals surface area contributed by atoms with Gasteiger partial charge in [0.05, 0.1) is 10.9 Å². The van der Waals surface area contributed by atoms with Crippen LogP contribution in [0.3, 0.4) is 0 Å². The summed E-state index contributed by atoms with van der Waals surface area (Å²) in [6.07, 6.45) is 3.14. The third-order valence-corrected chi connectivity index (χ3v) is 6.85. The molecule has 1 aromatic carbocycles. The number of hydrogen-bond acceptors (Lipinski definition) is 4. The molecule has 7 heteroatoms. The van der Waals surface area contributed by atoms with Crippen LogP contribution in [0.5, 0.6) is 0 Å². The van der Waals surface area contributed by atoms with Gasteiger partial charge in [0.25, 0.3) is 0 Å². The van der Waals surface area contributed by atoms with Gasteiger partial charge >= 0.3 is 0 Å². The summed E-state index contributed by atoms with van der Waals surface area (Å²) in [5, 5.41) is 1.94. The van der Waals surface area contributed by atoms with Crippen LogP contribution < -0.4 is 9.62 Å². The zero-order valence-electron chi connectivity index (χ0n) is 14.1. The van der Waals surface area contributed by atoms with Crippen LogP contribution in [0, 0.1) is 0 Å². The molecule has 1 atom stereocenters. The zero-order valence-corrected chi connectivity index (χ0v) is 15.8. The Labute approximate surface area is 152 Å². The molecule has 1 unspecified atom stereocenters. The number of nitrogens with zero attached hydrogens (tertiary/aromatic N) is 1. The largest absolute Gasteiger partial charge is 0.312 e. The average molecular weight is 379 g/mol. The van der Waals surface area contributed by atoms with Crippen LogP contribution in [0.4, 0.5) is 5.69 Å². The summed E-state index contributed by atoms with van der Waals surface area (Å²) in [4.78, 5) is 14.9. The van der Waals surface area contributed by atoms with E-state index in [0.717, 1.165) is 23.4 Å². The van der Waals surface area contributed by atoms with Crippen molar-refractivity contribution in [3.05, 3.63) is 46.7 Å². The fourth-order valence-corrected chi connectivity index (χ4v) is 5.21. The molecule has 0 bridgehead atoms. The Kier molecular flexibility index (Phi) is 5.56. The van der Waals surface area contributed by atoms with E-state index in [2.05, 4.69) is 4.72 Å². The maximum atomic E-state index is 12.7. The number of benzene rings is 1. The molecule has 0 saturated carbocycles. The number of carbonyl (C=O) groups is 1. The van der Waals surface area contributed by atoms with Gasteiger partial charge in [-0.2, -0.15) is 0 Å². The molecule has 25 heavy (non-hydrogen) atoms. The van der Waals surface area contributed by atoms with Crippen LogP contribution in [0.25, 0.3) is 0 Å². The molecule has 1 saturated heterocycles.